The van der Waals surface area contributed by atoms with Crippen molar-refractivity contribution in [3.63, 3.8) is 0 Å². The third-order valence-corrected chi connectivity index (χ3v) is 4.57. The topological polar surface area (TPSA) is 81.4 Å². The number of hydrogen-bond donors (Lipinski definition) is 0. The van der Waals surface area contributed by atoms with Crippen molar-refractivity contribution >= 4 is 5.91 Å². The minimum atomic E-state index is -0.0926. The molecular formula is C18H24N4O3. The molecule has 0 spiro atoms. The first-order chi connectivity index (χ1) is 12.0. The Bertz CT molecular complexity index is 746. The van der Waals surface area contributed by atoms with E-state index in [9.17, 15) is 4.79 Å². The molecule has 0 aliphatic carbocycles. The molecule has 7 heteroatoms. The Kier molecular flexibility index (Phi) is 5.13. The molecule has 3 heterocycles. The van der Waals surface area contributed by atoms with E-state index < -0.39 is 0 Å². The highest BCUT2D eigenvalue weighted by Crippen LogP contribution is 2.26. The van der Waals surface area contributed by atoms with Gasteiger partial charge in [-0.05, 0) is 45.6 Å². The summed E-state index contributed by atoms with van der Waals surface area (Å²) in [6.45, 7) is 7.75. The van der Waals surface area contributed by atoms with Crippen LogP contribution < -0.4 is 0 Å². The van der Waals surface area contributed by atoms with Crippen LogP contribution >= 0.6 is 0 Å². The van der Waals surface area contributed by atoms with Crippen molar-refractivity contribution in [3.8, 4) is 11.3 Å². The lowest BCUT2D eigenvalue weighted by atomic mass is 10.00. The maximum atomic E-state index is 12.8. The molecule has 1 fully saturated rings. The summed E-state index contributed by atoms with van der Waals surface area (Å²) in [5.41, 5.74) is 2.65. The lowest BCUT2D eigenvalue weighted by Crippen LogP contribution is -2.34. The van der Waals surface area contributed by atoms with Crippen molar-refractivity contribution in [2.75, 3.05) is 26.8 Å². The smallest absolute Gasteiger partial charge is 0.272 e. The second kappa shape index (κ2) is 7.31. The first kappa shape index (κ1) is 17.5. The fourth-order valence-corrected chi connectivity index (χ4v) is 3.25. The van der Waals surface area contributed by atoms with Gasteiger partial charge in [0.25, 0.3) is 5.91 Å². The van der Waals surface area contributed by atoms with E-state index in [0.717, 1.165) is 37.3 Å². The molecule has 0 aromatic carbocycles. The third kappa shape index (κ3) is 3.87. The summed E-state index contributed by atoms with van der Waals surface area (Å²) in [4.78, 5) is 23.4. The van der Waals surface area contributed by atoms with E-state index in [2.05, 4.69) is 15.1 Å². The van der Waals surface area contributed by atoms with Crippen LogP contribution in [-0.2, 0) is 4.74 Å². The van der Waals surface area contributed by atoms with Gasteiger partial charge in [0, 0.05) is 26.8 Å². The van der Waals surface area contributed by atoms with Crippen molar-refractivity contribution in [2.45, 2.75) is 33.6 Å². The average Bonchev–Trinajstić information content (AvgIpc) is 2.93. The quantitative estimate of drug-likeness (QED) is 0.848. The van der Waals surface area contributed by atoms with Crippen LogP contribution in [0.3, 0.4) is 0 Å². The molecule has 0 bridgehead atoms. The van der Waals surface area contributed by atoms with Crippen LogP contribution in [0.2, 0.25) is 0 Å². The lowest BCUT2D eigenvalue weighted by molar-refractivity contribution is 0.0495. The van der Waals surface area contributed by atoms with Gasteiger partial charge in [-0.2, -0.15) is 0 Å². The second-order valence-electron chi connectivity index (χ2n) is 6.63. The molecule has 1 saturated heterocycles. The Morgan fingerprint density at radius 2 is 1.96 bits per heavy atom. The molecule has 2 aromatic heterocycles. The Morgan fingerprint density at radius 1 is 1.24 bits per heavy atom. The molecule has 7 nitrogen and oxygen atoms in total. The van der Waals surface area contributed by atoms with Crippen LogP contribution in [0, 0.1) is 26.7 Å². The SMILES string of the molecule is Cc1nc(C(=O)N(C)CC2CCOCC2)cc(-c2c(C)noc2C)n1. The largest absolute Gasteiger partial charge is 0.381 e. The van der Waals surface area contributed by atoms with E-state index >= 15 is 0 Å². The summed E-state index contributed by atoms with van der Waals surface area (Å²) in [6, 6.07) is 1.72. The van der Waals surface area contributed by atoms with Gasteiger partial charge < -0.3 is 14.2 Å². The van der Waals surface area contributed by atoms with Crippen LogP contribution in [0.15, 0.2) is 10.6 Å². The van der Waals surface area contributed by atoms with E-state index in [1.54, 1.807) is 17.9 Å². The summed E-state index contributed by atoms with van der Waals surface area (Å²) in [7, 11) is 1.82. The van der Waals surface area contributed by atoms with Gasteiger partial charge in [-0.1, -0.05) is 5.16 Å². The number of ether oxygens (including phenoxy) is 1. The Morgan fingerprint density at radius 3 is 2.60 bits per heavy atom. The molecule has 0 atom stereocenters. The molecular weight excluding hydrogens is 320 g/mol. The number of rotatable bonds is 4. The van der Waals surface area contributed by atoms with Crippen LogP contribution in [0.5, 0.6) is 0 Å². The lowest BCUT2D eigenvalue weighted by Gasteiger charge is -2.27. The fourth-order valence-electron chi connectivity index (χ4n) is 3.25. The molecule has 1 aliphatic heterocycles. The van der Waals surface area contributed by atoms with Crippen molar-refractivity contribution in [3.05, 3.63) is 29.0 Å². The van der Waals surface area contributed by atoms with Crippen molar-refractivity contribution in [1.82, 2.24) is 20.0 Å². The van der Waals surface area contributed by atoms with E-state index in [1.165, 1.54) is 0 Å². The van der Waals surface area contributed by atoms with E-state index in [0.29, 0.717) is 35.4 Å². The van der Waals surface area contributed by atoms with Crippen LogP contribution in [-0.4, -0.2) is 52.7 Å². The standard InChI is InChI=1S/C18H24N4O3/c1-11-17(12(2)25-21-11)15-9-16(20-13(3)19-15)18(23)22(4)10-14-5-7-24-8-6-14/h9,14H,5-8,10H2,1-4H3. The van der Waals surface area contributed by atoms with Gasteiger partial charge in [-0.3, -0.25) is 4.79 Å². The Balaban J connectivity index is 1.83. The predicted octanol–water partition coefficient (Wildman–Crippen LogP) is 2.56. The molecule has 134 valence electrons. The van der Waals surface area contributed by atoms with E-state index in [-0.39, 0.29) is 5.91 Å². The molecule has 1 aliphatic rings. The third-order valence-electron chi connectivity index (χ3n) is 4.57. The zero-order chi connectivity index (χ0) is 18.0. The minimum absolute atomic E-state index is 0.0926. The van der Waals surface area contributed by atoms with Gasteiger partial charge in [0.05, 0.1) is 17.0 Å². The highest BCUT2D eigenvalue weighted by Gasteiger charge is 2.22. The first-order valence-electron chi connectivity index (χ1n) is 8.58. The van der Waals surface area contributed by atoms with Gasteiger partial charge in [-0.15, -0.1) is 0 Å². The molecule has 3 rings (SSSR count). The highest BCUT2D eigenvalue weighted by atomic mass is 16.5. The maximum absolute atomic E-state index is 12.8. The average molecular weight is 344 g/mol. The summed E-state index contributed by atoms with van der Waals surface area (Å²) < 4.78 is 10.6. The number of hydrogen-bond acceptors (Lipinski definition) is 6. The minimum Gasteiger partial charge on any atom is -0.381 e. The molecule has 0 N–H and O–H groups in total. The highest BCUT2D eigenvalue weighted by molar-refractivity contribution is 5.93. The Hall–Kier alpha value is -2.28. The molecule has 0 radical (unpaired) electrons. The monoisotopic (exact) mass is 344 g/mol. The van der Waals surface area contributed by atoms with Gasteiger partial charge in [-0.25, -0.2) is 9.97 Å². The molecule has 25 heavy (non-hydrogen) atoms. The van der Waals surface area contributed by atoms with Gasteiger partial charge >= 0.3 is 0 Å². The van der Waals surface area contributed by atoms with Crippen molar-refractivity contribution in [1.29, 1.82) is 0 Å². The molecule has 0 unspecified atom stereocenters. The van der Waals surface area contributed by atoms with Gasteiger partial charge in [0.1, 0.15) is 17.3 Å². The number of aryl methyl sites for hydroxylation is 3. The van der Waals surface area contributed by atoms with Crippen molar-refractivity contribution in [2.24, 2.45) is 5.92 Å². The van der Waals surface area contributed by atoms with Gasteiger partial charge in [0.15, 0.2) is 0 Å². The van der Waals surface area contributed by atoms with Crippen LogP contribution in [0.25, 0.3) is 11.3 Å². The van der Waals surface area contributed by atoms with Crippen LogP contribution in [0.4, 0.5) is 0 Å². The van der Waals surface area contributed by atoms with E-state index in [4.69, 9.17) is 9.26 Å². The predicted molar refractivity (Wildman–Crippen MR) is 92.2 cm³/mol. The summed E-state index contributed by atoms with van der Waals surface area (Å²) >= 11 is 0. The number of amides is 1. The molecule has 2 aromatic rings. The number of nitrogens with zero attached hydrogens (tertiary/aromatic N) is 4. The fraction of sp³-hybridized carbons (Fsp3) is 0.556. The van der Waals surface area contributed by atoms with Crippen LogP contribution in [0.1, 0.15) is 40.6 Å². The zero-order valence-corrected chi connectivity index (χ0v) is 15.2. The summed E-state index contributed by atoms with van der Waals surface area (Å²) in [5.74, 6) is 1.63. The van der Waals surface area contributed by atoms with Gasteiger partial charge in [0.2, 0.25) is 0 Å². The maximum Gasteiger partial charge on any atom is 0.272 e. The number of carbonyl (C=O) groups excluding carboxylic acids is 1. The number of carbonyl (C=O) groups is 1. The summed E-state index contributed by atoms with van der Waals surface area (Å²) in [5, 5.41) is 3.97. The van der Waals surface area contributed by atoms with E-state index in [1.807, 2.05) is 20.9 Å². The summed E-state index contributed by atoms with van der Waals surface area (Å²) in [6.07, 6.45) is 1.98. The first-order valence-corrected chi connectivity index (χ1v) is 8.58. The molecule has 1 amide bonds. The zero-order valence-electron chi connectivity index (χ0n) is 15.2. The van der Waals surface area contributed by atoms with Crippen molar-refractivity contribution < 1.29 is 14.1 Å². The second-order valence-corrected chi connectivity index (χ2v) is 6.63. The normalized spacial score (nSPS) is 15.4. The molecule has 0 saturated carbocycles. The Labute approximate surface area is 147 Å². The number of aromatic nitrogens is 3.